The monoisotopic (exact) mass is 417 g/mol. The standard InChI is InChI=1S/C23H32ClN3O2/c1-19-6-4-13-26(19)14-5-15-29-23-10-8-21(9-11-23)27-18-20(17-25-27)16-22(28)7-2-3-12-24/h8-11,17-19H,2-7,12-16H2,1H3. The number of alkyl halides is 1. The Balaban J connectivity index is 1.42. The summed E-state index contributed by atoms with van der Waals surface area (Å²) in [4.78, 5) is 14.6. The molecule has 1 saturated heterocycles. The number of rotatable bonds is 12. The van der Waals surface area contributed by atoms with Crippen molar-refractivity contribution < 1.29 is 9.53 Å². The molecule has 3 rings (SSSR count). The van der Waals surface area contributed by atoms with Gasteiger partial charge in [0, 0.05) is 37.5 Å². The summed E-state index contributed by atoms with van der Waals surface area (Å²) in [7, 11) is 0. The molecule has 5 nitrogen and oxygen atoms in total. The smallest absolute Gasteiger partial charge is 0.137 e. The molecule has 0 N–H and O–H groups in total. The third kappa shape index (κ3) is 6.86. The van der Waals surface area contributed by atoms with Gasteiger partial charge < -0.3 is 9.64 Å². The normalized spacial score (nSPS) is 17.0. The fourth-order valence-electron chi connectivity index (χ4n) is 3.80. The van der Waals surface area contributed by atoms with Gasteiger partial charge in [-0.2, -0.15) is 5.10 Å². The van der Waals surface area contributed by atoms with Crippen LogP contribution in [-0.4, -0.2) is 52.1 Å². The van der Waals surface area contributed by atoms with Gasteiger partial charge in [0.15, 0.2) is 0 Å². The van der Waals surface area contributed by atoms with Crippen LogP contribution in [-0.2, 0) is 11.2 Å². The number of carbonyl (C=O) groups excluding carboxylic acids is 1. The summed E-state index contributed by atoms with van der Waals surface area (Å²) in [5.41, 5.74) is 1.90. The van der Waals surface area contributed by atoms with Gasteiger partial charge in [-0.15, -0.1) is 11.6 Å². The first-order chi connectivity index (χ1) is 14.2. The summed E-state index contributed by atoms with van der Waals surface area (Å²) in [6, 6.07) is 8.67. The Hall–Kier alpha value is -1.85. The molecule has 0 amide bonds. The van der Waals surface area contributed by atoms with Crippen LogP contribution in [0.25, 0.3) is 5.69 Å². The molecule has 1 fully saturated rings. The number of halogens is 1. The second kappa shape index (κ2) is 11.4. The fourth-order valence-corrected chi connectivity index (χ4v) is 3.99. The minimum Gasteiger partial charge on any atom is -0.494 e. The Morgan fingerprint density at radius 3 is 2.79 bits per heavy atom. The molecule has 29 heavy (non-hydrogen) atoms. The van der Waals surface area contributed by atoms with Crippen molar-refractivity contribution in [2.75, 3.05) is 25.6 Å². The number of aromatic nitrogens is 2. The van der Waals surface area contributed by atoms with Gasteiger partial charge in [0.25, 0.3) is 0 Å². The van der Waals surface area contributed by atoms with Crippen LogP contribution in [0.3, 0.4) is 0 Å². The first-order valence-corrected chi connectivity index (χ1v) is 11.3. The quantitative estimate of drug-likeness (QED) is 0.372. The summed E-state index contributed by atoms with van der Waals surface area (Å²) >= 11 is 5.66. The number of benzene rings is 1. The summed E-state index contributed by atoms with van der Waals surface area (Å²) < 4.78 is 7.69. The highest BCUT2D eigenvalue weighted by molar-refractivity contribution is 6.17. The minimum atomic E-state index is 0.238. The number of unbranched alkanes of at least 4 members (excludes halogenated alkanes) is 1. The molecule has 0 aliphatic carbocycles. The number of hydrogen-bond donors (Lipinski definition) is 0. The van der Waals surface area contributed by atoms with Crippen LogP contribution in [0.5, 0.6) is 5.75 Å². The van der Waals surface area contributed by atoms with Crippen molar-refractivity contribution in [1.29, 1.82) is 0 Å². The number of likely N-dealkylation sites (tertiary alicyclic amines) is 1. The summed E-state index contributed by atoms with van der Waals surface area (Å²) in [5.74, 6) is 1.73. The molecule has 0 spiro atoms. The summed E-state index contributed by atoms with van der Waals surface area (Å²) in [5, 5.41) is 4.39. The molecule has 0 saturated carbocycles. The largest absolute Gasteiger partial charge is 0.494 e. The van der Waals surface area contributed by atoms with Crippen LogP contribution in [0.1, 0.15) is 51.0 Å². The molecule has 1 atom stereocenters. The van der Waals surface area contributed by atoms with Crippen LogP contribution < -0.4 is 4.74 Å². The molecule has 158 valence electrons. The number of hydrogen-bond acceptors (Lipinski definition) is 4. The van der Waals surface area contributed by atoms with Crippen molar-refractivity contribution in [2.24, 2.45) is 0 Å². The lowest BCUT2D eigenvalue weighted by atomic mass is 10.1. The lowest BCUT2D eigenvalue weighted by Crippen LogP contribution is -2.28. The highest BCUT2D eigenvalue weighted by atomic mass is 35.5. The minimum absolute atomic E-state index is 0.238. The van der Waals surface area contributed by atoms with E-state index in [1.54, 1.807) is 10.9 Å². The molecule has 2 heterocycles. The van der Waals surface area contributed by atoms with E-state index in [2.05, 4.69) is 16.9 Å². The van der Waals surface area contributed by atoms with Crippen molar-refractivity contribution in [3.8, 4) is 11.4 Å². The van der Waals surface area contributed by atoms with Crippen molar-refractivity contribution in [1.82, 2.24) is 14.7 Å². The molecule has 1 aliphatic rings. The van der Waals surface area contributed by atoms with Gasteiger partial charge in [-0.1, -0.05) is 0 Å². The Labute approximate surface area is 179 Å². The highest BCUT2D eigenvalue weighted by Crippen LogP contribution is 2.18. The number of carbonyl (C=O) groups is 1. The lowest BCUT2D eigenvalue weighted by molar-refractivity contribution is -0.118. The van der Waals surface area contributed by atoms with E-state index in [0.29, 0.717) is 24.8 Å². The van der Waals surface area contributed by atoms with Crippen molar-refractivity contribution in [2.45, 2.75) is 57.9 Å². The molecule has 2 aromatic rings. The van der Waals surface area contributed by atoms with Gasteiger partial charge in [0.1, 0.15) is 11.5 Å². The second-order valence-electron chi connectivity index (χ2n) is 7.88. The molecular formula is C23H32ClN3O2. The third-order valence-corrected chi connectivity index (χ3v) is 5.79. The van der Waals surface area contributed by atoms with E-state index in [4.69, 9.17) is 16.3 Å². The van der Waals surface area contributed by atoms with E-state index >= 15 is 0 Å². The number of nitrogens with zero attached hydrogens (tertiary/aromatic N) is 3. The molecule has 1 aliphatic heterocycles. The van der Waals surface area contributed by atoms with E-state index in [9.17, 15) is 4.79 Å². The van der Waals surface area contributed by atoms with Gasteiger partial charge in [-0.05, 0) is 75.4 Å². The highest BCUT2D eigenvalue weighted by Gasteiger charge is 2.19. The second-order valence-corrected chi connectivity index (χ2v) is 8.26. The SMILES string of the molecule is CC1CCCN1CCCOc1ccc(-n2cc(CC(=O)CCCCCl)cn2)cc1. The van der Waals surface area contributed by atoms with Crippen molar-refractivity contribution in [3.05, 3.63) is 42.2 Å². The van der Waals surface area contributed by atoms with Gasteiger partial charge >= 0.3 is 0 Å². The Kier molecular flexibility index (Phi) is 8.56. The van der Waals surface area contributed by atoms with E-state index in [-0.39, 0.29) is 5.78 Å². The van der Waals surface area contributed by atoms with E-state index < -0.39 is 0 Å². The Morgan fingerprint density at radius 1 is 1.24 bits per heavy atom. The average Bonchev–Trinajstić information content (AvgIpc) is 3.35. The van der Waals surface area contributed by atoms with Crippen LogP contribution >= 0.6 is 11.6 Å². The van der Waals surface area contributed by atoms with Gasteiger partial charge in [0.05, 0.1) is 18.5 Å². The van der Waals surface area contributed by atoms with Crippen LogP contribution in [0.4, 0.5) is 0 Å². The van der Waals surface area contributed by atoms with E-state index in [0.717, 1.165) is 49.4 Å². The average molecular weight is 418 g/mol. The van der Waals surface area contributed by atoms with Crippen molar-refractivity contribution >= 4 is 17.4 Å². The summed E-state index contributed by atoms with van der Waals surface area (Å²) in [6.45, 7) is 5.38. The molecular weight excluding hydrogens is 386 g/mol. The van der Waals surface area contributed by atoms with Gasteiger partial charge in [0.2, 0.25) is 0 Å². The molecule has 1 aromatic heterocycles. The third-order valence-electron chi connectivity index (χ3n) is 5.53. The first kappa shape index (κ1) is 21.8. The molecule has 6 heteroatoms. The fraction of sp³-hybridized carbons (Fsp3) is 0.565. The van der Waals surface area contributed by atoms with E-state index in [1.807, 2.05) is 30.5 Å². The van der Waals surface area contributed by atoms with Crippen LogP contribution in [0.2, 0.25) is 0 Å². The number of ketones is 1. The maximum absolute atomic E-state index is 12.0. The van der Waals surface area contributed by atoms with Crippen molar-refractivity contribution in [3.63, 3.8) is 0 Å². The zero-order chi connectivity index (χ0) is 20.5. The number of Topliss-reactive ketones (excluding diaryl/α,β-unsaturated/α-hetero) is 1. The molecule has 0 bridgehead atoms. The Morgan fingerprint density at radius 2 is 2.07 bits per heavy atom. The first-order valence-electron chi connectivity index (χ1n) is 10.7. The van der Waals surface area contributed by atoms with Gasteiger partial charge in [-0.25, -0.2) is 4.68 Å². The maximum Gasteiger partial charge on any atom is 0.137 e. The van der Waals surface area contributed by atoms with E-state index in [1.165, 1.54) is 19.4 Å². The topological polar surface area (TPSA) is 47.4 Å². The zero-order valence-electron chi connectivity index (χ0n) is 17.4. The predicted octanol–water partition coefficient (Wildman–Crippen LogP) is 4.65. The van der Waals surface area contributed by atoms with Gasteiger partial charge in [-0.3, -0.25) is 4.79 Å². The zero-order valence-corrected chi connectivity index (χ0v) is 18.1. The maximum atomic E-state index is 12.0. The predicted molar refractivity (Wildman–Crippen MR) is 117 cm³/mol. The summed E-state index contributed by atoms with van der Waals surface area (Å²) in [6.07, 6.45) is 10.1. The molecule has 1 aromatic carbocycles. The molecule has 0 radical (unpaired) electrons. The lowest BCUT2D eigenvalue weighted by Gasteiger charge is -2.20. The Bertz CT molecular complexity index is 760. The molecule has 1 unspecified atom stereocenters. The van der Waals surface area contributed by atoms with Crippen LogP contribution in [0, 0.1) is 0 Å². The number of ether oxygens (including phenoxy) is 1. The van der Waals surface area contributed by atoms with Crippen LogP contribution in [0.15, 0.2) is 36.7 Å².